The maximum Gasteiger partial charge on any atom is 0.257 e. The Labute approximate surface area is 140 Å². The van der Waals surface area contributed by atoms with Gasteiger partial charge in [-0.15, -0.1) is 0 Å². The van der Waals surface area contributed by atoms with E-state index in [1.165, 1.54) is 13.2 Å². The third-order valence-corrected chi connectivity index (χ3v) is 3.83. The van der Waals surface area contributed by atoms with Crippen LogP contribution in [0.15, 0.2) is 34.8 Å². The van der Waals surface area contributed by atoms with Gasteiger partial charge in [0.2, 0.25) is 0 Å². The Morgan fingerprint density at radius 1 is 1.24 bits per heavy atom. The van der Waals surface area contributed by atoms with Crippen LogP contribution in [0.3, 0.4) is 0 Å². The topological polar surface area (TPSA) is 64.3 Å². The number of rotatable bonds is 3. The second-order valence-electron chi connectivity index (χ2n) is 4.16. The van der Waals surface area contributed by atoms with E-state index in [2.05, 4.69) is 21.2 Å². The molecule has 0 aliphatic rings. The van der Waals surface area contributed by atoms with E-state index in [1.54, 1.807) is 24.3 Å². The normalized spacial score (nSPS) is 10.3. The molecule has 0 aromatic heterocycles. The Morgan fingerprint density at radius 3 is 2.62 bits per heavy atom. The summed E-state index contributed by atoms with van der Waals surface area (Å²) in [5, 5.41) is 3.30. The number of anilines is 2. The monoisotopic (exact) mass is 388 g/mol. The fourth-order valence-corrected chi connectivity index (χ4v) is 2.57. The number of carbonyl (C=O) groups is 1. The molecular weight excluding hydrogens is 379 g/mol. The van der Waals surface area contributed by atoms with Gasteiger partial charge in [0.15, 0.2) is 0 Å². The van der Waals surface area contributed by atoms with Gasteiger partial charge in [0.25, 0.3) is 5.91 Å². The highest BCUT2D eigenvalue weighted by molar-refractivity contribution is 9.10. The van der Waals surface area contributed by atoms with E-state index < -0.39 is 5.91 Å². The number of nitrogens with one attached hydrogen (secondary N) is 1. The molecule has 1 amide bonds. The molecule has 0 saturated carbocycles. The van der Waals surface area contributed by atoms with Gasteiger partial charge in [-0.05, 0) is 24.3 Å². The first-order valence-corrected chi connectivity index (χ1v) is 7.36. The van der Waals surface area contributed by atoms with Gasteiger partial charge in [-0.1, -0.05) is 39.1 Å². The standard InChI is InChI=1S/C14H11BrCl2N2O2/c1-21-12-6-8(18)5-11(17)13(12)19-14(20)9-4-7(15)2-3-10(9)16/h2-6H,18H2,1H3,(H,19,20). The first kappa shape index (κ1) is 15.9. The van der Waals surface area contributed by atoms with Crippen molar-refractivity contribution in [3.8, 4) is 5.75 Å². The summed E-state index contributed by atoms with van der Waals surface area (Å²) in [4.78, 5) is 12.3. The molecule has 0 radical (unpaired) electrons. The zero-order chi connectivity index (χ0) is 15.6. The highest BCUT2D eigenvalue weighted by atomic mass is 79.9. The van der Waals surface area contributed by atoms with Crippen molar-refractivity contribution in [2.45, 2.75) is 0 Å². The molecule has 0 fully saturated rings. The van der Waals surface area contributed by atoms with E-state index in [0.717, 1.165) is 4.47 Å². The van der Waals surface area contributed by atoms with Crippen LogP contribution >= 0.6 is 39.1 Å². The molecule has 2 aromatic rings. The highest BCUT2D eigenvalue weighted by Gasteiger charge is 2.16. The number of methoxy groups -OCH3 is 1. The molecule has 110 valence electrons. The lowest BCUT2D eigenvalue weighted by molar-refractivity contribution is 0.102. The fourth-order valence-electron chi connectivity index (χ4n) is 1.74. The van der Waals surface area contributed by atoms with Crippen LogP contribution in [0, 0.1) is 0 Å². The first-order chi connectivity index (χ1) is 9.92. The zero-order valence-electron chi connectivity index (χ0n) is 10.9. The van der Waals surface area contributed by atoms with Crippen molar-refractivity contribution >= 4 is 56.4 Å². The van der Waals surface area contributed by atoms with E-state index >= 15 is 0 Å². The second kappa shape index (κ2) is 6.56. The second-order valence-corrected chi connectivity index (χ2v) is 5.89. The van der Waals surface area contributed by atoms with Gasteiger partial charge < -0.3 is 15.8 Å². The molecule has 4 nitrogen and oxygen atoms in total. The zero-order valence-corrected chi connectivity index (χ0v) is 14.0. The lowest BCUT2D eigenvalue weighted by atomic mass is 10.2. The average molecular weight is 390 g/mol. The third kappa shape index (κ3) is 3.61. The summed E-state index contributed by atoms with van der Waals surface area (Å²) in [6.07, 6.45) is 0. The Kier molecular flexibility index (Phi) is 4.98. The Bertz CT molecular complexity index is 708. The molecule has 0 aliphatic carbocycles. The van der Waals surface area contributed by atoms with Gasteiger partial charge in [0.1, 0.15) is 11.4 Å². The number of hydrogen-bond donors (Lipinski definition) is 2. The molecule has 3 N–H and O–H groups in total. The van der Waals surface area contributed by atoms with Crippen LogP contribution in [0.4, 0.5) is 11.4 Å². The summed E-state index contributed by atoms with van der Waals surface area (Å²) in [5.74, 6) is -0.0225. The minimum Gasteiger partial charge on any atom is -0.494 e. The van der Waals surface area contributed by atoms with Gasteiger partial charge in [0, 0.05) is 16.2 Å². The Balaban J connectivity index is 2.38. The van der Waals surface area contributed by atoms with E-state index in [4.69, 9.17) is 33.7 Å². The van der Waals surface area contributed by atoms with Crippen molar-refractivity contribution in [2.24, 2.45) is 0 Å². The predicted molar refractivity (Wildman–Crippen MR) is 89.5 cm³/mol. The molecule has 0 bridgehead atoms. The molecule has 0 heterocycles. The number of ether oxygens (including phenoxy) is 1. The number of halogens is 3. The van der Waals surface area contributed by atoms with Gasteiger partial charge in [-0.3, -0.25) is 4.79 Å². The third-order valence-electron chi connectivity index (χ3n) is 2.71. The molecule has 7 heteroatoms. The number of nitrogen functional groups attached to an aromatic ring is 1. The van der Waals surface area contributed by atoms with Gasteiger partial charge in [0.05, 0.1) is 22.7 Å². The van der Waals surface area contributed by atoms with Crippen LogP contribution in [0.25, 0.3) is 0 Å². The maximum absolute atomic E-state index is 12.3. The molecular formula is C14H11BrCl2N2O2. The summed E-state index contributed by atoms with van der Waals surface area (Å²) in [5.41, 5.74) is 6.79. The van der Waals surface area contributed by atoms with Crippen LogP contribution in [0.5, 0.6) is 5.75 Å². The fraction of sp³-hybridized carbons (Fsp3) is 0.0714. The van der Waals surface area contributed by atoms with Crippen LogP contribution in [-0.4, -0.2) is 13.0 Å². The maximum atomic E-state index is 12.3. The van der Waals surface area contributed by atoms with Crippen molar-refractivity contribution < 1.29 is 9.53 Å². The Hall–Kier alpha value is -1.43. The largest absolute Gasteiger partial charge is 0.494 e. The summed E-state index contributed by atoms with van der Waals surface area (Å²) in [6.45, 7) is 0. The first-order valence-electron chi connectivity index (χ1n) is 5.81. The van der Waals surface area contributed by atoms with E-state index in [1.807, 2.05) is 0 Å². The van der Waals surface area contributed by atoms with Gasteiger partial charge >= 0.3 is 0 Å². The van der Waals surface area contributed by atoms with Crippen molar-refractivity contribution in [3.63, 3.8) is 0 Å². The quantitative estimate of drug-likeness (QED) is 0.754. The smallest absolute Gasteiger partial charge is 0.257 e. The van der Waals surface area contributed by atoms with Crippen LogP contribution in [0.2, 0.25) is 10.0 Å². The number of hydrogen-bond acceptors (Lipinski definition) is 3. The summed E-state index contributed by atoms with van der Waals surface area (Å²) >= 11 is 15.4. The van der Waals surface area contributed by atoms with Gasteiger partial charge in [-0.25, -0.2) is 0 Å². The summed E-state index contributed by atoms with van der Waals surface area (Å²) in [7, 11) is 1.47. The highest BCUT2D eigenvalue weighted by Crippen LogP contribution is 2.35. The number of nitrogens with two attached hydrogens (primary N) is 1. The molecule has 0 saturated heterocycles. The SMILES string of the molecule is COc1cc(N)cc(Cl)c1NC(=O)c1cc(Br)ccc1Cl. The van der Waals surface area contributed by atoms with Crippen molar-refractivity contribution in [2.75, 3.05) is 18.2 Å². The number of amides is 1. The van der Waals surface area contributed by atoms with E-state index in [-0.39, 0.29) is 5.02 Å². The molecule has 0 spiro atoms. The van der Waals surface area contributed by atoms with Crippen molar-refractivity contribution in [1.82, 2.24) is 0 Å². The minimum atomic E-state index is -0.397. The molecule has 0 atom stereocenters. The summed E-state index contributed by atoms with van der Waals surface area (Å²) in [6, 6.07) is 8.10. The minimum absolute atomic E-state index is 0.284. The molecule has 2 aromatic carbocycles. The lowest BCUT2D eigenvalue weighted by Crippen LogP contribution is -2.14. The molecule has 2 rings (SSSR count). The predicted octanol–water partition coefficient (Wildman–Crippen LogP) is 4.60. The Morgan fingerprint density at radius 2 is 1.95 bits per heavy atom. The lowest BCUT2D eigenvalue weighted by Gasteiger charge is -2.13. The number of carbonyl (C=O) groups excluding carboxylic acids is 1. The van der Waals surface area contributed by atoms with Crippen LogP contribution in [-0.2, 0) is 0 Å². The van der Waals surface area contributed by atoms with Crippen LogP contribution < -0.4 is 15.8 Å². The number of benzene rings is 2. The van der Waals surface area contributed by atoms with Crippen molar-refractivity contribution in [1.29, 1.82) is 0 Å². The van der Waals surface area contributed by atoms with E-state index in [9.17, 15) is 4.79 Å². The van der Waals surface area contributed by atoms with E-state index in [0.29, 0.717) is 27.7 Å². The molecule has 0 aliphatic heterocycles. The van der Waals surface area contributed by atoms with Gasteiger partial charge in [-0.2, -0.15) is 0 Å². The molecule has 0 unspecified atom stereocenters. The van der Waals surface area contributed by atoms with Crippen molar-refractivity contribution in [3.05, 3.63) is 50.4 Å². The van der Waals surface area contributed by atoms with Crippen LogP contribution in [0.1, 0.15) is 10.4 Å². The summed E-state index contributed by atoms with van der Waals surface area (Å²) < 4.78 is 5.92. The molecule has 21 heavy (non-hydrogen) atoms. The average Bonchev–Trinajstić information content (AvgIpc) is 2.43.